The molecule has 1 aliphatic carbocycles. The summed E-state index contributed by atoms with van der Waals surface area (Å²) in [4.78, 5) is 0. The summed E-state index contributed by atoms with van der Waals surface area (Å²) in [6.07, 6.45) is 6.12. The first-order valence-corrected chi connectivity index (χ1v) is 5.55. The molecule has 0 radical (unpaired) electrons. The largest absolute Gasteiger partial charge is 0.409 e. The van der Waals surface area contributed by atoms with Gasteiger partial charge in [0.25, 0.3) is 0 Å². The molecule has 0 heterocycles. The molecule has 0 aromatic rings. The van der Waals surface area contributed by atoms with Gasteiger partial charge < -0.3 is 21.4 Å². The van der Waals surface area contributed by atoms with E-state index in [1.165, 1.54) is 6.42 Å². The zero-order chi connectivity index (χ0) is 11.1. The first-order valence-electron chi connectivity index (χ1n) is 5.55. The monoisotopic (exact) mass is 215 g/mol. The fraction of sp³-hybridized carbons (Fsp3) is 0.900. The van der Waals surface area contributed by atoms with Crippen molar-refractivity contribution in [1.82, 2.24) is 5.32 Å². The third-order valence-electron chi connectivity index (χ3n) is 3.12. The molecule has 1 rings (SSSR count). The Kier molecular flexibility index (Phi) is 4.84. The maximum Gasteiger partial charge on any atom is 0.140 e. The van der Waals surface area contributed by atoms with Crippen LogP contribution in [0.5, 0.6) is 0 Å². The van der Waals surface area contributed by atoms with E-state index < -0.39 is 0 Å². The normalized spacial score (nSPS) is 21.5. The molecule has 5 nitrogen and oxygen atoms in total. The van der Waals surface area contributed by atoms with E-state index >= 15 is 0 Å². The van der Waals surface area contributed by atoms with Crippen LogP contribution in [0.3, 0.4) is 0 Å². The van der Waals surface area contributed by atoms with E-state index in [9.17, 15) is 5.11 Å². The highest BCUT2D eigenvalue weighted by molar-refractivity contribution is 5.79. The summed E-state index contributed by atoms with van der Waals surface area (Å²) in [6.45, 7) is 0.819. The first kappa shape index (κ1) is 12.3. The van der Waals surface area contributed by atoms with Crippen molar-refractivity contribution in [1.29, 1.82) is 0 Å². The minimum atomic E-state index is -0.131. The van der Waals surface area contributed by atoms with Crippen molar-refractivity contribution in [3.63, 3.8) is 0 Å². The number of nitrogens with two attached hydrogens (primary N) is 1. The lowest BCUT2D eigenvalue weighted by Crippen LogP contribution is -2.50. The van der Waals surface area contributed by atoms with Crippen LogP contribution in [0.25, 0.3) is 0 Å². The van der Waals surface area contributed by atoms with Crippen molar-refractivity contribution in [2.75, 3.05) is 13.2 Å². The van der Waals surface area contributed by atoms with Crippen LogP contribution >= 0.6 is 0 Å². The molecule has 5 N–H and O–H groups in total. The van der Waals surface area contributed by atoms with Crippen LogP contribution in [0.15, 0.2) is 5.16 Å². The Balaban J connectivity index is 2.32. The Labute approximate surface area is 90.3 Å². The minimum Gasteiger partial charge on any atom is -0.409 e. The van der Waals surface area contributed by atoms with Crippen molar-refractivity contribution < 1.29 is 10.3 Å². The highest BCUT2D eigenvalue weighted by Gasteiger charge is 2.30. The van der Waals surface area contributed by atoms with Gasteiger partial charge in [0.2, 0.25) is 0 Å². The van der Waals surface area contributed by atoms with Crippen molar-refractivity contribution >= 4 is 5.84 Å². The summed E-state index contributed by atoms with van der Waals surface area (Å²) in [6, 6.07) is 0. The highest BCUT2D eigenvalue weighted by atomic mass is 16.4. The number of oxime groups is 1. The molecule has 0 aromatic heterocycles. The SMILES string of the molecule is NC(CCNC1(CO)CCCCC1)=NO. The van der Waals surface area contributed by atoms with Crippen LogP contribution in [-0.4, -0.2) is 34.8 Å². The number of hydrogen-bond acceptors (Lipinski definition) is 4. The van der Waals surface area contributed by atoms with Gasteiger partial charge in [-0.1, -0.05) is 24.4 Å². The van der Waals surface area contributed by atoms with Crippen molar-refractivity contribution in [3.05, 3.63) is 0 Å². The van der Waals surface area contributed by atoms with Gasteiger partial charge in [-0.25, -0.2) is 0 Å². The van der Waals surface area contributed by atoms with Gasteiger partial charge in [-0.15, -0.1) is 0 Å². The number of aliphatic hydroxyl groups excluding tert-OH is 1. The fourth-order valence-electron chi connectivity index (χ4n) is 2.13. The van der Waals surface area contributed by atoms with E-state index in [1.807, 2.05) is 0 Å². The molecule has 1 saturated carbocycles. The Morgan fingerprint density at radius 1 is 1.33 bits per heavy atom. The van der Waals surface area contributed by atoms with Gasteiger partial charge in [-0.3, -0.25) is 0 Å². The standard InChI is InChI=1S/C10H21N3O2/c11-9(13-15)4-7-12-10(8-14)5-2-1-3-6-10/h12,14-15H,1-8H2,(H2,11,13). The highest BCUT2D eigenvalue weighted by Crippen LogP contribution is 2.27. The van der Waals surface area contributed by atoms with E-state index in [1.54, 1.807) is 0 Å². The summed E-state index contributed by atoms with van der Waals surface area (Å²) in [5.74, 6) is 0.228. The first-order chi connectivity index (χ1) is 7.22. The predicted octanol–water partition coefficient (Wildman–Crippen LogP) is 0.408. The van der Waals surface area contributed by atoms with Gasteiger partial charge in [0.1, 0.15) is 5.84 Å². The average Bonchev–Trinajstić information content (AvgIpc) is 2.30. The maximum atomic E-state index is 9.39. The molecule has 0 atom stereocenters. The molecule has 0 amide bonds. The maximum absolute atomic E-state index is 9.39. The zero-order valence-corrected chi connectivity index (χ0v) is 9.08. The number of amidine groups is 1. The molecule has 1 aliphatic rings. The lowest BCUT2D eigenvalue weighted by atomic mass is 9.82. The van der Waals surface area contributed by atoms with E-state index in [0.717, 1.165) is 25.7 Å². The van der Waals surface area contributed by atoms with E-state index in [4.69, 9.17) is 10.9 Å². The number of nitrogens with zero attached hydrogens (tertiary/aromatic N) is 1. The number of rotatable bonds is 5. The lowest BCUT2D eigenvalue weighted by molar-refractivity contribution is 0.122. The molecule has 0 unspecified atom stereocenters. The molecule has 5 heteroatoms. The van der Waals surface area contributed by atoms with Gasteiger partial charge in [0.05, 0.1) is 6.61 Å². The minimum absolute atomic E-state index is 0.131. The topological polar surface area (TPSA) is 90.9 Å². The number of nitrogens with one attached hydrogen (secondary N) is 1. The van der Waals surface area contributed by atoms with Crippen LogP contribution in [-0.2, 0) is 0 Å². The fourth-order valence-corrected chi connectivity index (χ4v) is 2.13. The van der Waals surface area contributed by atoms with Crippen LogP contribution in [0.4, 0.5) is 0 Å². The zero-order valence-electron chi connectivity index (χ0n) is 9.08. The molecule has 1 fully saturated rings. The smallest absolute Gasteiger partial charge is 0.140 e. The third-order valence-corrected chi connectivity index (χ3v) is 3.12. The van der Waals surface area contributed by atoms with Gasteiger partial charge in [0.15, 0.2) is 0 Å². The second-order valence-corrected chi connectivity index (χ2v) is 4.27. The second kappa shape index (κ2) is 5.92. The van der Waals surface area contributed by atoms with E-state index in [2.05, 4.69) is 10.5 Å². The molecule has 0 spiro atoms. The quantitative estimate of drug-likeness (QED) is 0.231. The molecular formula is C10H21N3O2. The van der Waals surface area contributed by atoms with Crippen LogP contribution in [0, 0.1) is 0 Å². The summed E-state index contributed by atoms with van der Waals surface area (Å²) in [5.41, 5.74) is 5.24. The molecule has 15 heavy (non-hydrogen) atoms. The van der Waals surface area contributed by atoms with Crippen molar-refractivity contribution in [2.45, 2.75) is 44.1 Å². The lowest BCUT2D eigenvalue weighted by Gasteiger charge is -2.36. The average molecular weight is 215 g/mol. The van der Waals surface area contributed by atoms with Crippen molar-refractivity contribution in [3.8, 4) is 0 Å². The van der Waals surface area contributed by atoms with Crippen LogP contribution in [0.1, 0.15) is 38.5 Å². The third kappa shape index (κ3) is 3.68. The predicted molar refractivity (Wildman–Crippen MR) is 58.9 cm³/mol. The molecule has 0 saturated heterocycles. The van der Waals surface area contributed by atoms with Gasteiger partial charge in [0, 0.05) is 18.5 Å². The molecule has 0 aromatic carbocycles. The number of aliphatic hydroxyl groups is 1. The Bertz CT molecular complexity index is 213. The number of hydrogen-bond donors (Lipinski definition) is 4. The molecule has 88 valence electrons. The summed E-state index contributed by atoms with van der Waals surface area (Å²) < 4.78 is 0. The van der Waals surface area contributed by atoms with Gasteiger partial charge in [-0.2, -0.15) is 0 Å². The Hall–Kier alpha value is -0.810. The molecule has 0 bridgehead atoms. The van der Waals surface area contributed by atoms with Gasteiger partial charge >= 0.3 is 0 Å². The Morgan fingerprint density at radius 3 is 2.53 bits per heavy atom. The molecule has 0 aliphatic heterocycles. The molecular weight excluding hydrogens is 194 g/mol. The second-order valence-electron chi connectivity index (χ2n) is 4.27. The summed E-state index contributed by atoms with van der Waals surface area (Å²) >= 11 is 0. The summed E-state index contributed by atoms with van der Waals surface area (Å²) in [5, 5.41) is 24.0. The van der Waals surface area contributed by atoms with E-state index in [0.29, 0.717) is 13.0 Å². The van der Waals surface area contributed by atoms with Crippen molar-refractivity contribution in [2.24, 2.45) is 10.9 Å². The van der Waals surface area contributed by atoms with Crippen LogP contribution < -0.4 is 11.1 Å². The van der Waals surface area contributed by atoms with Gasteiger partial charge in [-0.05, 0) is 12.8 Å². The van der Waals surface area contributed by atoms with E-state index in [-0.39, 0.29) is 18.0 Å². The van der Waals surface area contributed by atoms with Crippen LogP contribution in [0.2, 0.25) is 0 Å². The summed E-state index contributed by atoms with van der Waals surface area (Å²) in [7, 11) is 0. The Morgan fingerprint density at radius 2 is 2.00 bits per heavy atom.